The van der Waals surface area contributed by atoms with Crippen molar-refractivity contribution in [3.8, 4) is 5.75 Å². The molecule has 15 heavy (non-hydrogen) atoms. The SMILES string of the molecule is COc1ccc2c(c1F)CC(=O)NCC2. The van der Waals surface area contributed by atoms with Crippen molar-refractivity contribution in [1.29, 1.82) is 0 Å². The molecule has 0 aromatic heterocycles. The molecular formula is C11H12FNO2. The Hall–Kier alpha value is -1.58. The number of nitrogens with one attached hydrogen (secondary N) is 1. The highest BCUT2D eigenvalue weighted by atomic mass is 19.1. The van der Waals surface area contributed by atoms with Crippen molar-refractivity contribution in [2.45, 2.75) is 12.8 Å². The van der Waals surface area contributed by atoms with Gasteiger partial charge in [-0.3, -0.25) is 4.79 Å². The van der Waals surface area contributed by atoms with Gasteiger partial charge in [0.05, 0.1) is 13.5 Å². The second-order valence-corrected chi connectivity index (χ2v) is 3.50. The van der Waals surface area contributed by atoms with E-state index in [9.17, 15) is 9.18 Å². The minimum Gasteiger partial charge on any atom is -0.494 e. The third-order valence-corrected chi connectivity index (χ3v) is 2.58. The van der Waals surface area contributed by atoms with Crippen molar-refractivity contribution in [2.24, 2.45) is 0 Å². The van der Waals surface area contributed by atoms with E-state index in [-0.39, 0.29) is 18.1 Å². The molecule has 0 spiro atoms. The lowest BCUT2D eigenvalue weighted by molar-refractivity contribution is -0.120. The van der Waals surface area contributed by atoms with Gasteiger partial charge in [-0.2, -0.15) is 0 Å². The standard InChI is InChI=1S/C11H12FNO2/c1-15-9-3-2-7-4-5-13-10(14)6-8(7)11(9)12/h2-3H,4-6H2,1H3,(H,13,14). The Kier molecular flexibility index (Phi) is 2.58. The predicted molar refractivity (Wildman–Crippen MR) is 53.4 cm³/mol. The molecule has 1 heterocycles. The Bertz CT molecular complexity index is 404. The number of hydrogen-bond donors (Lipinski definition) is 1. The summed E-state index contributed by atoms with van der Waals surface area (Å²) in [5.74, 6) is -0.351. The molecule has 0 unspecified atom stereocenters. The van der Waals surface area contributed by atoms with Gasteiger partial charge in [0, 0.05) is 12.1 Å². The Morgan fingerprint density at radius 2 is 2.27 bits per heavy atom. The molecule has 1 N–H and O–H groups in total. The molecule has 0 saturated heterocycles. The van der Waals surface area contributed by atoms with Gasteiger partial charge in [0.25, 0.3) is 0 Å². The van der Waals surface area contributed by atoms with Crippen LogP contribution in [-0.4, -0.2) is 19.6 Å². The number of hydrogen-bond acceptors (Lipinski definition) is 2. The molecule has 0 aliphatic carbocycles. The summed E-state index contributed by atoms with van der Waals surface area (Å²) >= 11 is 0. The zero-order valence-electron chi connectivity index (χ0n) is 8.47. The van der Waals surface area contributed by atoms with E-state index in [1.807, 2.05) is 6.07 Å². The summed E-state index contributed by atoms with van der Waals surface area (Å²) < 4.78 is 18.7. The summed E-state index contributed by atoms with van der Waals surface area (Å²) in [4.78, 5) is 11.3. The molecule has 0 saturated carbocycles. The third kappa shape index (κ3) is 1.79. The van der Waals surface area contributed by atoms with Gasteiger partial charge in [-0.15, -0.1) is 0 Å². The van der Waals surface area contributed by atoms with Gasteiger partial charge in [-0.25, -0.2) is 4.39 Å². The van der Waals surface area contributed by atoms with Crippen LogP contribution in [0.4, 0.5) is 4.39 Å². The van der Waals surface area contributed by atoms with Gasteiger partial charge in [0.2, 0.25) is 5.91 Å². The molecule has 3 nitrogen and oxygen atoms in total. The number of rotatable bonds is 1. The van der Waals surface area contributed by atoms with Crippen LogP contribution in [0.15, 0.2) is 12.1 Å². The molecule has 0 bridgehead atoms. The lowest BCUT2D eigenvalue weighted by atomic mass is 10.0. The summed E-state index contributed by atoms with van der Waals surface area (Å²) in [7, 11) is 1.42. The Morgan fingerprint density at radius 3 is 3.00 bits per heavy atom. The molecule has 1 aliphatic rings. The van der Waals surface area contributed by atoms with Crippen molar-refractivity contribution >= 4 is 5.91 Å². The smallest absolute Gasteiger partial charge is 0.224 e. The Balaban J connectivity index is 2.49. The van der Waals surface area contributed by atoms with Gasteiger partial charge >= 0.3 is 0 Å². The van der Waals surface area contributed by atoms with E-state index in [2.05, 4.69) is 5.32 Å². The fourth-order valence-electron chi connectivity index (χ4n) is 1.78. The number of benzene rings is 1. The minimum absolute atomic E-state index is 0.0956. The quantitative estimate of drug-likeness (QED) is 0.750. The molecule has 1 amide bonds. The topological polar surface area (TPSA) is 38.3 Å². The minimum atomic E-state index is -0.410. The first-order valence-corrected chi connectivity index (χ1v) is 4.83. The Morgan fingerprint density at radius 1 is 1.47 bits per heavy atom. The Labute approximate surface area is 87.2 Å². The van der Waals surface area contributed by atoms with Crippen LogP contribution in [0.3, 0.4) is 0 Å². The summed E-state index contributed by atoms with van der Waals surface area (Å²) in [6, 6.07) is 3.42. The van der Waals surface area contributed by atoms with Gasteiger partial charge in [-0.1, -0.05) is 6.07 Å². The maximum absolute atomic E-state index is 13.8. The van der Waals surface area contributed by atoms with Crippen LogP contribution in [0.1, 0.15) is 11.1 Å². The van der Waals surface area contributed by atoms with Gasteiger partial charge in [0.15, 0.2) is 11.6 Å². The first-order valence-electron chi connectivity index (χ1n) is 4.83. The van der Waals surface area contributed by atoms with E-state index in [0.717, 1.165) is 5.56 Å². The average Bonchev–Trinajstić information content (AvgIpc) is 2.41. The molecule has 0 atom stereocenters. The number of carbonyl (C=O) groups excluding carboxylic acids is 1. The third-order valence-electron chi connectivity index (χ3n) is 2.58. The van der Waals surface area contributed by atoms with Gasteiger partial charge < -0.3 is 10.1 Å². The number of halogens is 1. The molecule has 1 aromatic rings. The highest BCUT2D eigenvalue weighted by Crippen LogP contribution is 2.25. The number of methoxy groups -OCH3 is 1. The fraction of sp³-hybridized carbons (Fsp3) is 0.364. The molecule has 1 aliphatic heterocycles. The van der Waals surface area contributed by atoms with Crippen LogP contribution in [-0.2, 0) is 17.6 Å². The van der Waals surface area contributed by atoms with Crippen LogP contribution in [0.2, 0.25) is 0 Å². The predicted octanol–water partition coefficient (Wildman–Crippen LogP) is 1.05. The number of fused-ring (bicyclic) bond motifs is 1. The second kappa shape index (κ2) is 3.88. The molecular weight excluding hydrogens is 197 g/mol. The van der Waals surface area contributed by atoms with Crippen molar-refractivity contribution in [2.75, 3.05) is 13.7 Å². The van der Waals surface area contributed by atoms with E-state index < -0.39 is 5.82 Å². The molecule has 2 rings (SSSR count). The van der Waals surface area contributed by atoms with Crippen LogP contribution in [0.5, 0.6) is 5.75 Å². The second-order valence-electron chi connectivity index (χ2n) is 3.50. The summed E-state index contributed by atoms with van der Waals surface area (Å²) in [5, 5.41) is 2.71. The van der Waals surface area contributed by atoms with Crippen molar-refractivity contribution in [3.05, 3.63) is 29.1 Å². The first-order chi connectivity index (χ1) is 7.22. The maximum Gasteiger partial charge on any atom is 0.224 e. The number of ether oxygens (including phenoxy) is 1. The fourth-order valence-corrected chi connectivity index (χ4v) is 1.78. The summed E-state index contributed by atoms with van der Waals surface area (Å²) in [6.07, 6.45) is 0.764. The molecule has 1 aromatic carbocycles. The van der Waals surface area contributed by atoms with Crippen molar-refractivity contribution < 1.29 is 13.9 Å². The number of carbonyl (C=O) groups is 1. The highest BCUT2D eigenvalue weighted by Gasteiger charge is 2.19. The van der Waals surface area contributed by atoms with Crippen molar-refractivity contribution in [3.63, 3.8) is 0 Å². The normalized spacial score (nSPS) is 15.2. The zero-order chi connectivity index (χ0) is 10.8. The van der Waals surface area contributed by atoms with E-state index >= 15 is 0 Å². The average molecular weight is 209 g/mol. The van der Waals surface area contributed by atoms with Crippen molar-refractivity contribution in [1.82, 2.24) is 5.32 Å². The highest BCUT2D eigenvalue weighted by molar-refractivity contribution is 5.79. The summed E-state index contributed by atoms with van der Waals surface area (Å²) in [6.45, 7) is 0.567. The van der Waals surface area contributed by atoms with Gasteiger partial charge in [0.1, 0.15) is 0 Å². The lowest BCUT2D eigenvalue weighted by Crippen LogP contribution is -2.24. The van der Waals surface area contributed by atoms with Crippen LogP contribution in [0, 0.1) is 5.82 Å². The lowest BCUT2D eigenvalue weighted by Gasteiger charge is -2.09. The van der Waals surface area contributed by atoms with E-state index in [1.54, 1.807) is 6.07 Å². The van der Waals surface area contributed by atoms with E-state index in [1.165, 1.54) is 7.11 Å². The van der Waals surface area contributed by atoms with Crippen LogP contribution < -0.4 is 10.1 Å². The van der Waals surface area contributed by atoms with E-state index in [0.29, 0.717) is 18.5 Å². The van der Waals surface area contributed by atoms with Crippen LogP contribution >= 0.6 is 0 Å². The monoisotopic (exact) mass is 209 g/mol. The molecule has 4 heteroatoms. The first kappa shape index (κ1) is 9.96. The zero-order valence-corrected chi connectivity index (χ0v) is 8.47. The summed E-state index contributed by atoms with van der Waals surface area (Å²) in [5.41, 5.74) is 1.34. The molecule has 80 valence electrons. The van der Waals surface area contributed by atoms with Crippen LogP contribution in [0.25, 0.3) is 0 Å². The largest absolute Gasteiger partial charge is 0.494 e. The van der Waals surface area contributed by atoms with Gasteiger partial charge in [-0.05, 0) is 18.1 Å². The maximum atomic E-state index is 13.8. The number of amides is 1. The molecule has 0 fully saturated rings. The van der Waals surface area contributed by atoms with E-state index in [4.69, 9.17) is 4.74 Å². The molecule has 0 radical (unpaired) electrons.